The number of piperidine rings is 1. The molecule has 0 bridgehead atoms. The average Bonchev–Trinajstić information content (AvgIpc) is 3.43. The van der Waals surface area contributed by atoms with Crippen molar-refractivity contribution in [1.29, 1.82) is 0 Å². The maximum atomic E-state index is 12.6. The lowest BCUT2D eigenvalue weighted by Crippen LogP contribution is -2.53. The van der Waals surface area contributed by atoms with Crippen LogP contribution in [0.2, 0.25) is 4.34 Å². The third kappa shape index (κ3) is 5.75. The van der Waals surface area contributed by atoms with Gasteiger partial charge >= 0.3 is 6.09 Å². The average molecular weight is 494 g/mol. The number of thiophene rings is 1. The van der Waals surface area contributed by atoms with Gasteiger partial charge in [0.25, 0.3) is 5.91 Å². The fraction of sp³-hybridized carbons (Fsp3) is 0.500. The molecule has 178 valence electrons. The van der Waals surface area contributed by atoms with E-state index in [-0.39, 0.29) is 37.0 Å². The number of hydrogen-bond acceptors (Lipinski definition) is 7. The van der Waals surface area contributed by atoms with Gasteiger partial charge in [0, 0.05) is 5.70 Å². The molecule has 3 atom stereocenters. The van der Waals surface area contributed by atoms with Gasteiger partial charge in [0.1, 0.15) is 6.10 Å². The van der Waals surface area contributed by atoms with Crippen molar-refractivity contribution >= 4 is 40.8 Å². The lowest BCUT2D eigenvalue weighted by molar-refractivity contribution is -0.120. The first-order valence-corrected chi connectivity index (χ1v) is 12.3. The molecule has 1 aromatic heterocycles. The van der Waals surface area contributed by atoms with E-state index in [9.17, 15) is 14.4 Å². The maximum Gasteiger partial charge on any atom is 0.414 e. The summed E-state index contributed by atoms with van der Waals surface area (Å²) in [4.78, 5) is 41.2. The summed E-state index contributed by atoms with van der Waals surface area (Å²) in [6, 6.07) is 3.03. The van der Waals surface area contributed by atoms with Crippen LogP contribution < -0.4 is 16.4 Å². The standard InChI is InChI=1S/C22H28ClN5O4S/c23-19-7-6-18(33-19)21(30)25-12-15-13-28(22(31)32-15)14-4-5-17(27-8-2-1-3-9-27)16(10-14)26-20(29)11-24/h4-7,10,15-17H,1-3,8-9,11-13,24H2,(H,25,30)(H,26,29). The van der Waals surface area contributed by atoms with Crippen molar-refractivity contribution in [2.24, 2.45) is 5.73 Å². The minimum atomic E-state index is -0.483. The number of rotatable bonds is 7. The van der Waals surface area contributed by atoms with E-state index in [1.165, 1.54) is 22.7 Å². The molecule has 3 aliphatic rings. The number of likely N-dealkylation sites (tertiary alicyclic amines) is 1. The molecule has 9 nitrogen and oxygen atoms in total. The van der Waals surface area contributed by atoms with Crippen molar-refractivity contribution in [2.45, 2.75) is 37.5 Å². The van der Waals surface area contributed by atoms with Gasteiger partial charge in [-0.3, -0.25) is 19.4 Å². The third-order valence-corrected chi connectivity index (χ3v) is 7.21. The molecule has 2 saturated heterocycles. The van der Waals surface area contributed by atoms with Gasteiger partial charge in [-0.1, -0.05) is 24.1 Å². The Hall–Kier alpha value is -2.40. The highest BCUT2D eigenvalue weighted by molar-refractivity contribution is 7.18. The largest absolute Gasteiger partial charge is 0.442 e. The molecule has 0 radical (unpaired) electrons. The summed E-state index contributed by atoms with van der Waals surface area (Å²) in [6.07, 6.45) is 8.33. The summed E-state index contributed by atoms with van der Waals surface area (Å²) >= 11 is 7.07. The molecule has 3 heterocycles. The molecule has 3 amide bonds. The predicted octanol–water partition coefficient (Wildman–Crippen LogP) is 1.70. The minimum absolute atomic E-state index is 0.0101. The predicted molar refractivity (Wildman–Crippen MR) is 126 cm³/mol. The van der Waals surface area contributed by atoms with E-state index in [0.29, 0.717) is 21.5 Å². The first-order valence-electron chi connectivity index (χ1n) is 11.1. The Balaban J connectivity index is 1.40. The summed E-state index contributed by atoms with van der Waals surface area (Å²) in [5.74, 6) is -0.502. The Labute approximate surface area is 201 Å². The summed E-state index contributed by atoms with van der Waals surface area (Å²) < 4.78 is 5.99. The highest BCUT2D eigenvalue weighted by atomic mass is 35.5. The fourth-order valence-corrected chi connectivity index (χ4v) is 5.30. The number of nitrogens with two attached hydrogens (primary N) is 1. The molecule has 4 rings (SSSR count). The fourth-order valence-electron chi connectivity index (χ4n) is 4.34. The van der Waals surface area contributed by atoms with Crippen LogP contribution in [0.3, 0.4) is 0 Å². The number of nitrogens with one attached hydrogen (secondary N) is 2. The number of amides is 3. The molecular weight excluding hydrogens is 466 g/mol. The molecule has 4 N–H and O–H groups in total. The van der Waals surface area contributed by atoms with Gasteiger partial charge in [-0.25, -0.2) is 4.79 Å². The zero-order chi connectivity index (χ0) is 23.4. The topological polar surface area (TPSA) is 117 Å². The number of ether oxygens (including phenoxy) is 1. The molecule has 11 heteroatoms. The number of carbonyl (C=O) groups excluding carboxylic acids is 3. The van der Waals surface area contributed by atoms with E-state index < -0.39 is 12.2 Å². The zero-order valence-corrected chi connectivity index (χ0v) is 19.7. The van der Waals surface area contributed by atoms with Crippen molar-refractivity contribution in [3.05, 3.63) is 45.3 Å². The number of cyclic esters (lactones) is 1. The lowest BCUT2D eigenvalue weighted by atomic mass is 9.96. The third-order valence-electron chi connectivity index (χ3n) is 5.98. The summed E-state index contributed by atoms with van der Waals surface area (Å²) in [5, 5.41) is 5.76. The van der Waals surface area contributed by atoms with Gasteiger partial charge in [-0.05, 0) is 50.2 Å². The van der Waals surface area contributed by atoms with Crippen LogP contribution in [-0.2, 0) is 9.53 Å². The van der Waals surface area contributed by atoms with E-state index in [1.54, 1.807) is 12.1 Å². The number of hydrogen-bond donors (Lipinski definition) is 3. The normalized spacial score (nSPS) is 25.5. The van der Waals surface area contributed by atoms with Crippen LogP contribution >= 0.6 is 22.9 Å². The molecule has 2 aliphatic heterocycles. The van der Waals surface area contributed by atoms with E-state index in [4.69, 9.17) is 22.1 Å². The first-order chi connectivity index (χ1) is 15.9. The van der Waals surface area contributed by atoms with Gasteiger partial charge in [0.05, 0.1) is 40.9 Å². The van der Waals surface area contributed by atoms with Crippen molar-refractivity contribution in [1.82, 2.24) is 20.4 Å². The maximum absolute atomic E-state index is 12.6. The smallest absolute Gasteiger partial charge is 0.414 e. The Morgan fingerprint density at radius 1 is 1.24 bits per heavy atom. The summed E-state index contributed by atoms with van der Waals surface area (Å²) in [7, 11) is 0. The van der Waals surface area contributed by atoms with Gasteiger partial charge in [0.15, 0.2) is 0 Å². The summed E-state index contributed by atoms with van der Waals surface area (Å²) in [5.41, 5.74) is 6.18. The van der Waals surface area contributed by atoms with Crippen LogP contribution in [0.4, 0.5) is 4.79 Å². The molecule has 1 aliphatic carbocycles. The van der Waals surface area contributed by atoms with Gasteiger partial charge < -0.3 is 21.1 Å². The molecule has 2 fully saturated rings. The van der Waals surface area contributed by atoms with Gasteiger partial charge in [0.2, 0.25) is 5.91 Å². The lowest BCUT2D eigenvalue weighted by Gasteiger charge is -2.39. The van der Waals surface area contributed by atoms with E-state index in [2.05, 4.69) is 15.5 Å². The van der Waals surface area contributed by atoms with Crippen LogP contribution in [0.15, 0.2) is 36.1 Å². The number of carbonyl (C=O) groups is 3. The van der Waals surface area contributed by atoms with Crippen LogP contribution in [0.1, 0.15) is 28.9 Å². The van der Waals surface area contributed by atoms with Crippen molar-refractivity contribution in [2.75, 3.05) is 32.7 Å². The second-order valence-corrected chi connectivity index (χ2v) is 9.98. The van der Waals surface area contributed by atoms with Crippen LogP contribution in [0.25, 0.3) is 0 Å². The van der Waals surface area contributed by atoms with Crippen molar-refractivity contribution in [3.63, 3.8) is 0 Å². The van der Waals surface area contributed by atoms with E-state index in [1.807, 2.05) is 18.2 Å². The van der Waals surface area contributed by atoms with Gasteiger partial charge in [-0.2, -0.15) is 0 Å². The SMILES string of the molecule is NCC(=O)NC1C=C(N2CC(CNC(=O)c3ccc(Cl)s3)OC2=O)C=CC1N1CCCCC1. The van der Waals surface area contributed by atoms with Crippen LogP contribution in [0, 0.1) is 0 Å². The Morgan fingerprint density at radius 3 is 2.73 bits per heavy atom. The van der Waals surface area contributed by atoms with E-state index in [0.717, 1.165) is 25.9 Å². The molecule has 33 heavy (non-hydrogen) atoms. The molecular formula is C22H28ClN5O4S. The van der Waals surface area contributed by atoms with Crippen molar-refractivity contribution < 1.29 is 19.1 Å². The quantitative estimate of drug-likeness (QED) is 0.532. The number of allylic oxidation sites excluding steroid dienone is 1. The van der Waals surface area contributed by atoms with Gasteiger partial charge in [-0.15, -0.1) is 11.3 Å². The molecule has 1 aromatic rings. The van der Waals surface area contributed by atoms with E-state index >= 15 is 0 Å². The van der Waals surface area contributed by atoms with Crippen LogP contribution in [-0.4, -0.2) is 78.6 Å². The molecule has 3 unspecified atom stereocenters. The first kappa shape index (κ1) is 23.7. The number of nitrogens with zero attached hydrogens (tertiary/aromatic N) is 2. The molecule has 0 spiro atoms. The summed E-state index contributed by atoms with van der Waals surface area (Å²) in [6.45, 7) is 2.33. The highest BCUT2D eigenvalue weighted by Crippen LogP contribution is 2.26. The Bertz CT molecular complexity index is 958. The Kier molecular flexibility index (Phi) is 7.69. The highest BCUT2D eigenvalue weighted by Gasteiger charge is 2.36. The number of halogens is 1. The van der Waals surface area contributed by atoms with Crippen molar-refractivity contribution in [3.8, 4) is 0 Å². The zero-order valence-electron chi connectivity index (χ0n) is 18.2. The monoisotopic (exact) mass is 493 g/mol. The Morgan fingerprint density at radius 2 is 2.03 bits per heavy atom. The minimum Gasteiger partial charge on any atom is -0.442 e. The second kappa shape index (κ2) is 10.7. The van der Waals surface area contributed by atoms with Crippen LogP contribution in [0.5, 0.6) is 0 Å². The molecule has 0 aromatic carbocycles. The second-order valence-electron chi connectivity index (χ2n) is 8.27. The molecule has 0 saturated carbocycles.